The predicted molar refractivity (Wildman–Crippen MR) is 54.7 cm³/mol. The first-order valence-corrected chi connectivity index (χ1v) is 4.76. The second kappa shape index (κ2) is 4.52. The second-order valence-corrected chi connectivity index (χ2v) is 3.29. The van der Waals surface area contributed by atoms with E-state index < -0.39 is 5.97 Å². The fourth-order valence-corrected chi connectivity index (χ4v) is 1.30. The Hall–Kier alpha value is -2.24. The van der Waals surface area contributed by atoms with Gasteiger partial charge in [-0.15, -0.1) is 10.2 Å². The third-order valence-corrected chi connectivity index (χ3v) is 1.97. The van der Waals surface area contributed by atoms with Crippen molar-refractivity contribution in [2.24, 2.45) is 0 Å². The first-order chi connectivity index (χ1) is 7.74. The van der Waals surface area contributed by atoms with E-state index in [-0.39, 0.29) is 12.2 Å². The molecule has 6 nitrogen and oxygen atoms in total. The topological polar surface area (TPSA) is 80.9 Å². The molecule has 2 rings (SSSR count). The second-order valence-electron chi connectivity index (χ2n) is 3.29. The molecule has 82 valence electrons. The largest absolute Gasteiger partial charge is 0.481 e. The summed E-state index contributed by atoms with van der Waals surface area (Å²) in [6.07, 6.45) is -0.200. The molecule has 2 aromatic rings. The zero-order valence-corrected chi connectivity index (χ0v) is 8.45. The highest BCUT2D eigenvalue weighted by atomic mass is 16.4. The van der Waals surface area contributed by atoms with E-state index in [0.717, 1.165) is 5.56 Å². The standard InChI is InChI=1S/C10H10N4O2/c15-10(16)6-9-11-13-14(12-9)7-8-4-2-1-3-5-8/h1-5H,6-7H2,(H,15,16). The van der Waals surface area contributed by atoms with Gasteiger partial charge in [0.2, 0.25) is 0 Å². The molecule has 0 saturated carbocycles. The third-order valence-electron chi connectivity index (χ3n) is 1.97. The fourth-order valence-electron chi connectivity index (χ4n) is 1.30. The normalized spacial score (nSPS) is 10.2. The minimum absolute atomic E-state index is 0.200. The molecule has 6 heteroatoms. The van der Waals surface area contributed by atoms with Crippen LogP contribution >= 0.6 is 0 Å². The molecule has 0 aliphatic heterocycles. The maximum absolute atomic E-state index is 10.4. The van der Waals surface area contributed by atoms with Crippen molar-refractivity contribution < 1.29 is 9.90 Å². The smallest absolute Gasteiger partial charge is 0.311 e. The molecular weight excluding hydrogens is 208 g/mol. The molecule has 0 saturated heterocycles. The average molecular weight is 218 g/mol. The molecule has 0 fully saturated rings. The molecule has 0 unspecified atom stereocenters. The highest BCUT2D eigenvalue weighted by Crippen LogP contribution is 2.00. The van der Waals surface area contributed by atoms with E-state index in [2.05, 4.69) is 15.4 Å². The molecule has 1 aromatic heterocycles. The van der Waals surface area contributed by atoms with Gasteiger partial charge in [0.15, 0.2) is 5.82 Å². The van der Waals surface area contributed by atoms with Gasteiger partial charge in [-0.2, -0.15) is 4.80 Å². The molecule has 0 radical (unpaired) electrons. The van der Waals surface area contributed by atoms with Gasteiger partial charge in [-0.1, -0.05) is 30.3 Å². The van der Waals surface area contributed by atoms with Crippen LogP contribution < -0.4 is 0 Å². The molecule has 16 heavy (non-hydrogen) atoms. The Morgan fingerprint density at radius 3 is 2.75 bits per heavy atom. The predicted octanol–water partition coefficient (Wildman–Crippen LogP) is 0.348. The molecule has 0 spiro atoms. The number of carboxylic acid groups (broad SMARTS) is 1. The van der Waals surface area contributed by atoms with Crippen LogP contribution in [-0.2, 0) is 17.8 Å². The summed E-state index contributed by atoms with van der Waals surface area (Å²) < 4.78 is 0. The molecule has 1 heterocycles. The van der Waals surface area contributed by atoms with Crippen molar-refractivity contribution in [2.45, 2.75) is 13.0 Å². The average Bonchev–Trinajstić information content (AvgIpc) is 2.66. The first-order valence-electron chi connectivity index (χ1n) is 4.76. The number of hydrogen-bond acceptors (Lipinski definition) is 4. The molecule has 0 aliphatic rings. The van der Waals surface area contributed by atoms with Crippen molar-refractivity contribution in [3.05, 3.63) is 41.7 Å². The Kier molecular flexibility index (Phi) is 2.90. The summed E-state index contributed by atoms with van der Waals surface area (Å²) in [4.78, 5) is 11.8. The lowest BCUT2D eigenvalue weighted by Gasteiger charge is -1.97. The number of carboxylic acids is 1. The van der Waals surface area contributed by atoms with Crippen LogP contribution in [0.5, 0.6) is 0 Å². The summed E-state index contributed by atoms with van der Waals surface area (Å²) in [7, 11) is 0. The van der Waals surface area contributed by atoms with Crippen LogP contribution in [0.1, 0.15) is 11.4 Å². The molecule has 1 aromatic carbocycles. The molecule has 1 N–H and O–H groups in total. The fraction of sp³-hybridized carbons (Fsp3) is 0.200. The van der Waals surface area contributed by atoms with Gasteiger partial charge in [-0.05, 0) is 10.8 Å². The summed E-state index contributed by atoms with van der Waals surface area (Å²) in [5.74, 6) is -0.734. The van der Waals surface area contributed by atoms with Crippen molar-refractivity contribution >= 4 is 5.97 Å². The number of tetrazole rings is 1. The van der Waals surface area contributed by atoms with Gasteiger partial charge in [0.05, 0.1) is 6.54 Å². The van der Waals surface area contributed by atoms with E-state index in [9.17, 15) is 4.79 Å². The van der Waals surface area contributed by atoms with Crippen LogP contribution in [0.15, 0.2) is 30.3 Å². The maximum Gasteiger partial charge on any atom is 0.311 e. The number of aliphatic carboxylic acids is 1. The zero-order chi connectivity index (χ0) is 11.4. The maximum atomic E-state index is 10.4. The highest BCUT2D eigenvalue weighted by molar-refractivity contribution is 5.68. The lowest BCUT2D eigenvalue weighted by molar-refractivity contribution is -0.136. The van der Waals surface area contributed by atoms with Crippen molar-refractivity contribution in [1.82, 2.24) is 20.2 Å². The Morgan fingerprint density at radius 2 is 2.06 bits per heavy atom. The number of nitrogens with zero attached hydrogens (tertiary/aromatic N) is 4. The monoisotopic (exact) mass is 218 g/mol. The highest BCUT2D eigenvalue weighted by Gasteiger charge is 2.07. The van der Waals surface area contributed by atoms with Crippen LogP contribution in [0, 0.1) is 0 Å². The zero-order valence-electron chi connectivity index (χ0n) is 8.45. The summed E-state index contributed by atoms with van der Waals surface area (Å²) in [6, 6.07) is 9.66. The first kappa shape index (κ1) is 10.3. The van der Waals surface area contributed by atoms with Gasteiger partial charge in [0.1, 0.15) is 6.42 Å². The minimum atomic E-state index is -0.959. The molecule has 0 aliphatic carbocycles. The van der Waals surface area contributed by atoms with Crippen LogP contribution in [-0.4, -0.2) is 31.3 Å². The Balaban J connectivity index is 2.06. The van der Waals surface area contributed by atoms with Crippen LogP contribution in [0.2, 0.25) is 0 Å². The Labute approximate surface area is 91.5 Å². The van der Waals surface area contributed by atoms with Gasteiger partial charge >= 0.3 is 5.97 Å². The molecular formula is C10H10N4O2. The quantitative estimate of drug-likeness (QED) is 0.800. The number of carbonyl (C=O) groups is 1. The lowest BCUT2D eigenvalue weighted by atomic mass is 10.2. The van der Waals surface area contributed by atoms with Gasteiger partial charge < -0.3 is 5.11 Å². The van der Waals surface area contributed by atoms with Crippen molar-refractivity contribution in [1.29, 1.82) is 0 Å². The van der Waals surface area contributed by atoms with E-state index in [1.54, 1.807) is 0 Å². The van der Waals surface area contributed by atoms with E-state index in [1.165, 1.54) is 4.80 Å². The van der Waals surface area contributed by atoms with Crippen molar-refractivity contribution in [2.75, 3.05) is 0 Å². The SMILES string of the molecule is O=C(O)Cc1nnn(Cc2ccccc2)n1. The van der Waals surface area contributed by atoms with Gasteiger partial charge in [-0.3, -0.25) is 4.79 Å². The van der Waals surface area contributed by atoms with Gasteiger partial charge in [-0.25, -0.2) is 0 Å². The summed E-state index contributed by atoms with van der Waals surface area (Å²) in [5.41, 5.74) is 1.04. The van der Waals surface area contributed by atoms with Crippen LogP contribution in [0.25, 0.3) is 0 Å². The summed E-state index contributed by atoms with van der Waals surface area (Å²) in [5, 5.41) is 19.9. The number of benzene rings is 1. The lowest BCUT2D eigenvalue weighted by Crippen LogP contribution is -2.05. The van der Waals surface area contributed by atoms with Gasteiger partial charge in [0.25, 0.3) is 0 Å². The van der Waals surface area contributed by atoms with E-state index in [0.29, 0.717) is 6.54 Å². The Morgan fingerprint density at radius 1 is 1.31 bits per heavy atom. The van der Waals surface area contributed by atoms with E-state index >= 15 is 0 Å². The number of hydrogen-bond donors (Lipinski definition) is 1. The van der Waals surface area contributed by atoms with Crippen LogP contribution in [0.3, 0.4) is 0 Å². The summed E-state index contributed by atoms with van der Waals surface area (Å²) >= 11 is 0. The molecule has 0 atom stereocenters. The minimum Gasteiger partial charge on any atom is -0.481 e. The van der Waals surface area contributed by atoms with E-state index in [1.807, 2.05) is 30.3 Å². The van der Waals surface area contributed by atoms with E-state index in [4.69, 9.17) is 5.11 Å². The molecule has 0 amide bonds. The van der Waals surface area contributed by atoms with Crippen molar-refractivity contribution in [3.8, 4) is 0 Å². The summed E-state index contributed by atoms with van der Waals surface area (Å²) in [6.45, 7) is 0.494. The number of rotatable bonds is 4. The van der Waals surface area contributed by atoms with Gasteiger partial charge in [0, 0.05) is 0 Å². The van der Waals surface area contributed by atoms with Crippen molar-refractivity contribution in [3.63, 3.8) is 0 Å². The molecule has 0 bridgehead atoms. The third kappa shape index (κ3) is 2.63. The number of aromatic nitrogens is 4. The Bertz CT molecular complexity index is 481. The van der Waals surface area contributed by atoms with Crippen LogP contribution in [0.4, 0.5) is 0 Å².